The minimum atomic E-state index is 0.105. The van der Waals surface area contributed by atoms with E-state index in [1.807, 2.05) is 36.7 Å². The zero-order valence-electron chi connectivity index (χ0n) is 16.6. The smallest absolute Gasteiger partial charge is 0.200 e. The van der Waals surface area contributed by atoms with Crippen molar-refractivity contribution in [2.45, 2.75) is 32.0 Å². The highest BCUT2D eigenvalue weighted by atomic mass is 32.2. The maximum Gasteiger partial charge on any atom is 0.200 e. The number of nitrogens with zero attached hydrogens (tertiary/aromatic N) is 4. The Morgan fingerprint density at radius 3 is 2.83 bits per heavy atom. The van der Waals surface area contributed by atoms with Gasteiger partial charge in [-0.15, -0.1) is 21.5 Å². The second kappa shape index (κ2) is 8.42. The molecule has 4 rings (SSSR count). The lowest BCUT2D eigenvalue weighted by atomic mass is 10.2. The molecule has 6 nitrogen and oxygen atoms in total. The topological polar surface area (TPSA) is 65.8 Å². The van der Waals surface area contributed by atoms with Crippen LogP contribution in [0.1, 0.15) is 26.6 Å². The third-order valence-electron chi connectivity index (χ3n) is 4.94. The van der Waals surface area contributed by atoms with Crippen LogP contribution >= 0.6 is 23.1 Å². The van der Waals surface area contributed by atoms with E-state index >= 15 is 0 Å². The molecule has 8 heteroatoms. The summed E-state index contributed by atoms with van der Waals surface area (Å²) >= 11 is 3.16. The van der Waals surface area contributed by atoms with E-state index in [1.54, 1.807) is 17.6 Å². The monoisotopic (exact) mass is 426 g/mol. The van der Waals surface area contributed by atoms with Crippen LogP contribution in [0, 0.1) is 13.8 Å². The lowest BCUT2D eigenvalue weighted by molar-refractivity contribution is 0.102. The van der Waals surface area contributed by atoms with Crippen LogP contribution in [0.2, 0.25) is 0 Å². The Morgan fingerprint density at radius 1 is 1.24 bits per heavy atom. The predicted molar refractivity (Wildman–Crippen MR) is 116 cm³/mol. The first-order chi connectivity index (χ1) is 14.0. The van der Waals surface area contributed by atoms with Crippen LogP contribution in [0.25, 0.3) is 11.6 Å². The number of aryl methyl sites for hydroxylation is 2. The number of thioether (sulfide) groups is 1. The molecule has 0 aliphatic heterocycles. The van der Waals surface area contributed by atoms with Crippen LogP contribution in [-0.2, 0) is 20.0 Å². The molecule has 4 aromatic rings. The van der Waals surface area contributed by atoms with Crippen LogP contribution in [0.4, 0.5) is 0 Å². The first-order valence-electron chi connectivity index (χ1n) is 9.33. The summed E-state index contributed by atoms with van der Waals surface area (Å²) in [7, 11) is 1.88. The summed E-state index contributed by atoms with van der Waals surface area (Å²) < 4.78 is 9.47. The van der Waals surface area contributed by atoms with Crippen molar-refractivity contribution in [2.24, 2.45) is 7.05 Å². The fourth-order valence-electron chi connectivity index (χ4n) is 3.37. The lowest BCUT2D eigenvalue weighted by Gasteiger charge is -2.09. The molecule has 0 bridgehead atoms. The molecule has 4 aromatic heterocycles. The van der Waals surface area contributed by atoms with Crippen molar-refractivity contribution in [3.8, 4) is 11.6 Å². The summed E-state index contributed by atoms with van der Waals surface area (Å²) in [6.45, 7) is 4.97. The van der Waals surface area contributed by atoms with E-state index in [0.717, 1.165) is 29.9 Å². The van der Waals surface area contributed by atoms with Crippen molar-refractivity contribution in [2.75, 3.05) is 5.75 Å². The van der Waals surface area contributed by atoms with E-state index < -0.39 is 0 Å². The van der Waals surface area contributed by atoms with Gasteiger partial charge in [0.2, 0.25) is 0 Å². The molecule has 0 aromatic carbocycles. The van der Waals surface area contributed by atoms with E-state index in [0.29, 0.717) is 22.5 Å². The highest BCUT2D eigenvalue weighted by molar-refractivity contribution is 7.99. The quantitative estimate of drug-likeness (QED) is 0.300. The van der Waals surface area contributed by atoms with Gasteiger partial charge < -0.3 is 13.6 Å². The van der Waals surface area contributed by atoms with Gasteiger partial charge in [0.15, 0.2) is 22.5 Å². The molecule has 0 saturated heterocycles. The maximum atomic E-state index is 12.9. The molecular weight excluding hydrogens is 404 g/mol. The number of hydrogen-bond donors (Lipinski definition) is 0. The minimum Gasteiger partial charge on any atom is -0.461 e. The summed E-state index contributed by atoms with van der Waals surface area (Å²) in [5.74, 6) is 1.73. The Hall–Kier alpha value is -2.58. The summed E-state index contributed by atoms with van der Waals surface area (Å²) in [6.07, 6.45) is 2.58. The molecule has 0 atom stereocenters. The molecular formula is C21H22N4O2S2. The Bertz CT molecular complexity index is 1110. The normalized spacial score (nSPS) is 11.3. The van der Waals surface area contributed by atoms with Crippen molar-refractivity contribution in [1.82, 2.24) is 19.3 Å². The van der Waals surface area contributed by atoms with Crippen LogP contribution in [-0.4, -0.2) is 30.9 Å². The molecule has 29 heavy (non-hydrogen) atoms. The number of thiophene rings is 1. The van der Waals surface area contributed by atoms with Gasteiger partial charge in [0.05, 0.1) is 12.0 Å². The number of Topliss-reactive ketones (excluding diaryl/α,β-unsaturated/α-hetero) is 1. The van der Waals surface area contributed by atoms with Gasteiger partial charge in [-0.2, -0.15) is 0 Å². The van der Waals surface area contributed by atoms with Crippen molar-refractivity contribution in [3.63, 3.8) is 0 Å². The highest BCUT2D eigenvalue weighted by Gasteiger charge is 2.18. The third kappa shape index (κ3) is 4.09. The number of furan rings is 1. The minimum absolute atomic E-state index is 0.105. The molecule has 0 amide bonds. The average molecular weight is 427 g/mol. The van der Waals surface area contributed by atoms with Crippen LogP contribution in [0.15, 0.2) is 51.5 Å². The maximum absolute atomic E-state index is 12.9. The molecule has 0 radical (unpaired) electrons. The summed E-state index contributed by atoms with van der Waals surface area (Å²) in [5.41, 5.74) is 2.93. The standard InChI is InChI=1S/C21H22N4O2S2/c1-14-12-17(15(2)25(14)9-8-16-6-5-11-28-16)18(26)13-29-21-23-22-20(24(21)3)19-7-4-10-27-19/h4-7,10-12H,8-9,13H2,1-3H3. The molecule has 0 spiro atoms. The summed E-state index contributed by atoms with van der Waals surface area (Å²) in [5, 5.41) is 11.2. The Labute approximate surface area is 177 Å². The average Bonchev–Trinajstić information content (AvgIpc) is 3.48. The SMILES string of the molecule is Cc1cc(C(=O)CSc2nnc(-c3ccco3)n2C)c(C)n1CCc1cccs1. The van der Waals surface area contributed by atoms with Gasteiger partial charge in [-0.3, -0.25) is 4.79 Å². The van der Waals surface area contributed by atoms with E-state index in [-0.39, 0.29) is 5.78 Å². The van der Waals surface area contributed by atoms with Gasteiger partial charge in [-0.25, -0.2) is 0 Å². The molecule has 0 fully saturated rings. The summed E-state index contributed by atoms with van der Waals surface area (Å²) in [4.78, 5) is 14.2. The zero-order chi connectivity index (χ0) is 20.4. The Balaban J connectivity index is 1.43. The van der Waals surface area contributed by atoms with Crippen molar-refractivity contribution < 1.29 is 9.21 Å². The third-order valence-corrected chi connectivity index (χ3v) is 6.90. The molecule has 0 aliphatic rings. The van der Waals surface area contributed by atoms with Crippen molar-refractivity contribution in [3.05, 3.63) is 63.8 Å². The van der Waals surface area contributed by atoms with Gasteiger partial charge in [0.1, 0.15) is 0 Å². The number of carbonyl (C=O) groups is 1. The number of ketones is 1. The van der Waals surface area contributed by atoms with Gasteiger partial charge >= 0.3 is 0 Å². The van der Waals surface area contributed by atoms with Crippen molar-refractivity contribution in [1.29, 1.82) is 0 Å². The fourth-order valence-corrected chi connectivity index (χ4v) is 4.87. The fraction of sp³-hybridized carbons (Fsp3) is 0.286. The van der Waals surface area contributed by atoms with E-state index in [2.05, 4.69) is 39.2 Å². The lowest BCUT2D eigenvalue weighted by Crippen LogP contribution is -2.08. The molecule has 0 N–H and O–H groups in total. The van der Waals surface area contributed by atoms with Crippen LogP contribution < -0.4 is 0 Å². The van der Waals surface area contributed by atoms with Crippen molar-refractivity contribution >= 4 is 28.9 Å². The number of carbonyl (C=O) groups excluding carboxylic acids is 1. The van der Waals surface area contributed by atoms with Crippen LogP contribution in [0.5, 0.6) is 0 Å². The molecule has 0 aliphatic carbocycles. The number of hydrogen-bond acceptors (Lipinski definition) is 6. The van der Waals surface area contributed by atoms with Gasteiger partial charge in [0, 0.05) is 35.4 Å². The van der Waals surface area contributed by atoms with Crippen LogP contribution in [0.3, 0.4) is 0 Å². The second-order valence-corrected chi connectivity index (χ2v) is 8.79. The van der Waals surface area contributed by atoms with Gasteiger partial charge in [-0.05, 0) is 49.9 Å². The summed E-state index contributed by atoms with van der Waals surface area (Å²) in [6, 6.07) is 9.88. The first-order valence-corrected chi connectivity index (χ1v) is 11.2. The van der Waals surface area contributed by atoms with E-state index in [4.69, 9.17) is 4.42 Å². The largest absolute Gasteiger partial charge is 0.461 e. The molecule has 150 valence electrons. The number of aromatic nitrogens is 4. The first kappa shape index (κ1) is 19.7. The zero-order valence-corrected chi connectivity index (χ0v) is 18.2. The second-order valence-electron chi connectivity index (χ2n) is 6.82. The van der Waals surface area contributed by atoms with E-state index in [9.17, 15) is 4.79 Å². The predicted octanol–water partition coefficient (Wildman–Crippen LogP) is 4.77. The van der Waals surface area contributed by atoms with Gasteiger partial charge in [0.25, 0.3) is 0 Å². The molecule has 0 unspecified atom stereocenters. The molecule has 4 heterocycles. The number of rotatable bonds is 8. The van der Waals surface area contributed by atoms with E-state index in [1.165, 1.54) is 16.6 Å². The Morgan fingerprint density at radius 2 is 2.10 bits per heavy atom. The Kier molecular flexibility index (Phi) is 5.73. The molecule has 0 saturated carbocycles. The van der Waals surface area contributed by atoms with Gasteiger partial charge in [-0.1, -0.05) is 17.8 Å². The highest BCUT2D eigenvalue weighted by Crippen LogP contribution is 2.25.